The first-order chi connectivity index (χ1) is 5.63. The van der Waals surface area contributed by atoms with Crippen molar-refractivity contribution in [3.8, 4) is 6.07 Å². The quantitative estimate of drug-likeness (QED) is 0.656. The molecule has 0 aliphatic carbocycles. The van der Waals surface area contributed by atoms with Crippen LogP contribution in [0.15, 0.2) is 0 Å². The van der Waals surface area contributed by atoms with E-state index in [-0.39, 0.29) is 16.9 Å². The lowest BCUT2D eigenvalue weighted by molar-refractivity contribution is 0.0735. The minimum atomic E-state index is -0.304. The van der Waals surface area contributed by atoms with Crippen LogP contribution >= 0.6 is 0 Å². The summed E-state index contributed by atoms with van der Waals surface area (Å²) < 4.78 is 0. The second-order valence-electron chi connectivity index (χ2n) is 5.57. The van der Waals surface area contributed by atoms with Crippen molar-refractivity contribution in [2.45, 2.75) is 40.7 Å². The Labute approximate surface area is 82.5 Å². The average molecular weight is 182 g/mol. The summed E-state index contributed by atoms with van der Waals surface area (Å²) in [6, 6.07) is 2.66. The fourth-order valence-corrected chi connectivity index (χ4v) is 2.56. The lowest BCUT2D eigenvalue weighted by Crippen LogP contribution is -2.49. The molecule has 2 nitrogen and oxygen atoms in total. The molecule has 0 amide bonds. The summed E-state index contributed by atoms with van der Waals surface area (Å²) >= 11 is 0. The molecule has 1 unspecified atom stereocenters. The second-order valence-corrected chi connectivity index (χ2v) is 5.57. The van der Waals surface area contributed by atoms with Crippen molar-refractivity contribution >= 4 is 0 Å². The predicted molar refractivity (Wildman–Crippen MR) is 56.3 cm³/mol. The normalized spacial score (nSPS) is 15.6. The summed E-state index contributed by atoms with van der Waals surface area (Å²) in [6.45, 7) is 10.5. The fraction of sp³-hybridized carbons (Fsp3) is 0.909. The van der Waals surface area contributed by atoms with E-state index in [0.29, 0.717) is 0 Å². The third kappa shape index (κ3) is 3.00. The molecule has 0 spiro atoms. The highest BCUT2D eigenvalue weighted by atomic mass is 15.1. The number of hydrogen-bond acceptors (Lipinski definition) is 2. The van der Waals surface area contributed by atoms with Crippen molar-refractivity contribution in [3.05, 3.63) is 0 Å². The number of nitrogens with zero attached hydrogens (tertiary/aromatic N) is 2. The van der Waals surface area contributed by atoms with Crippen LogP contribution in [0.2, 0.25) is 0 Å². The highest BCUT2D eigenvalue weighted by molar-refractivity contribution is 5.04. The molecule has 0 radical (unpaired) electrons. The van der Waals surface area contributed by atoms with E-state index in [2.05, 4.69) is 31.7 Å². The molecule has 0 aliphatic rings. The van der Waals surface area contributed by atoms with Crippen LogP contribution in [0.4, 0.5) is 0 Å². The highest BCUT2D eigenvalue weighted by Crippen LogP contribution is 2.36. The van der Waals surface area contributed by atoms with Gasteiger partial charge in [-0.2, -0.15) is 5.26 Å². The molecule has 1 atom stereocenters. The molecule has 76 valence electrons. The molecular weight excluding hydrogens is 160 g/mol. The molecule has 13 heavy (non-hydrogen) atoms. The summed E-state index contributed by atoms with van der Waals surface area (Å²) in [5.41, 5.74) is -0.176. The van der Waals surface area contributed by atoms with Crippen LogP contribution in [0.1, 0.15) is 34.6 Å². The van der Waals surface area contributed by atoms with E-state index in [9.17, 15) is 0 Å². The molecular formula is C11H22N2. The smallest absolute Gasteiger partial charge is 0.0700 e. The van der Waals surface area contributed by atoms with Crippen molar-refractivity contribution < 1.29 is 0 Å². The van der Waals surface area contributed by atoms with Gasteiger partial charge in [0.25, 0.3) is 0 Å². The zero-order valence-electron chi connectivity index (χ0n) is 9.97. The summed E-state index contributed by atoms with van der Waals surface area (Å²) in [7, 11) is 4.07. The van der Waals surface area contributed by atoms with Crippen molar-refractivity contribution in [3.63, 3.8) is 0 Å². The molecule has 0 saturated carbocycles. The van der Waals surface area contributed by atoms with Gasteiger partial charge in [-0.25, -0.2) is 0 Å². The highest BCUT2D eigenvalue weighted by Gasteiger charge is 2.39. The Kier molecular flexibility index (Phi) is 3.52. The summed E-state index contributed by atoms with van der Waals surface area (Å²) in [5.74, 6) is 0. The zero-order valence-corrected chi connectivity index (χ0v) is 9.97. The maximum Gasteiger partial charge on any atom is 0.0700 e. The Balaban J connectivity index is 4.97. The summed E-state index contributed by atoms with van der Waals surface area (Å²) in [5, 5.41) is 9.10. The van der Waals surface area contributed by atoms with Crippen LogP contribution in [-0.2, 0) is 0 Å². The van der Waals surface area contributed by atoms with Gasteiger partial charge in [-0.05, 0) is 33.4 Å². The largest absolute Gasteiger partial charge is 0.304 e. The van der Waals surface area contributed by atoms with E-state index in [1.807, 2.05) is 27.9 Å². The standard InChI is InChI=1S/C11H22N2/c1-10(2,3)9(13(6)7)11(4,5)8-12/h9H,1-7H3. The Hall–Kier alpha value is -0.550. The van der Waals surface area contributed by atoms with Crippen LogP contribution in [0.25, 0.3) is 0 Å². The van der Waals surface area contributed by atoms with Gasteiger partial charge in [0, 0.05) is 6.04 Å². The van der Waals surface area contributed by atoms with Crippen LogP contribution in [0, 0.1) is 22.2 Å². The molecule has 0 N–H and O–H groups in total. The second kappa shape index (κ2) is 3.67. The maximum atomic E-state index is 9.10. The SMILES string of the molecule is CN(C)C(C(C)(C)C)C(C)(C)C#N. The third-order valence-electron chi connectivity index (χ3n) is 2.31. The van der Waals surface area contributed by atoms with Gasteiger partial charge in [-0.1, -0.05) is 20.8 Å². The molecule has 0 aromatic heterocycles. The first-order valence-corrected chi connectivity index (χ1v) is 4.70. The number of nitriles is 1. The van der Waals surface area contributed by atoms with E-state index >= 15 is 0 Å². The Morgan fingerprint density at radius 2 is 1.46 bits per heavy atom. The molecule has 0 rings (SSSR count). The van der Waals surface area contributed by atoms with Crippen LogP contribution in [0.5, 0.6) is 0 Å². The molecule has 0 aromatic rings. The van der Waals surface area contributed by atoms with Gasteiger partial charge in [0.2, 0.25) is 0 Å². The lowest BCUT2D eigenvalue weighted by atomic mass is 9.71. The van der Waals surface area contributed by atoms with Crippen molar-refractivity contribution in [1.82, 2.24) is 4.90 Å². The number of rotatable bonds is 2. The van der Waals surface area contributed by atoms with Gasteiger partial charge in [0.15, 0.2) is 0 Å². The molecule has 0 aromatic carbocycles. The monoisotopic (exact) mass is 182 g/mol. The third-order valence-corrected chi connectivity index (χ3v) is 2.31. The van der Waals surface area contributed by atoms with Gasteiger partial charge in [0.1, 0.15) is 0 Å². The first-order valence-electron chi connectivity index (χ1n) is 4.70. The van der Waals surface area contributed by atoms with Crippen molar-refractivity contribution in [2.24, 2.45) is 10.8 Å². The van der Waals surface area contributed by atoms with E-state index in [4.69, 9.17) is 5.26 Å². The van der Waals surface area contributed by atoms with Crippen molar-refractivity contribution in [2.75, 3.05) is 14.1 Å². The van der Waals surface area contributed by atoms with E-state index < -0.39 is 0 Å². The van der Waals surface area contributed by atoms with Crippen LogP contribution < -0.4 is 0 Å². The molecule has 0 saturated heterocycles. The topological polar surface area (TPSA) is 27.0 Å². The van der Waals surface area contributed by atoms with Gasteiger partial charge in [0.05, 0.1) is 11.5 Å². The maximum absolute atomic E-state index is 9.10. The van der Waals surface area contributed by atoms with Gasteiger partial charge >= 0.3 is 0 Å². The molecule has 0 bridgehead atoms. The van der Waals surface area contributed by atoms with Gasteiger partial charge in [-0.15, -0.1) is 0 Å². The van der Waals surface area contributed by atoms with Crippen molar-refractivity contribution in [1.29, 1.82) is 5.26 Å². The Morgan fingerprint density at radius 3 is 1.54 bits per heavy atom. The Bertz CT molecular complexity index is 203. The van der Waals surface area contributed by atoms with E-state index in [0.717, 1.165) is 0 Å². The summed E-state index contributed by atoms with van der Waals surface area (Å²) in [4.78, 5) is 2.14. The van der Waals surface area contributed by atoms with E-state index in [1.54, 1.807) is 0 Å². The van der Waals surface area contributed by atoms with Crippen LogP contribution in [-0.4, -0.2) is 25.0 Å². The minimum absolute atomic E-state index is 0.128. The van der Waals surface area contributed by atoms with Gasteiger partial charge < -0.3 is 4.90 Å². The van der Waals surface area contributed by atoms with E-state index in [1.165, 1.54) is 0 Å². The average Bonchev–Trinajstić information content (AvgIpc) is 1.82. The molecule has 0 heterocycles. The van der Waals surface area contributed by atoms with Gasteiger partial charge in [-0.3, -0.25) is 0 Å². The fourth-order valence-electron chi connectivity index (χ4n) is 2.56. The lowest BCUT2D eigenvalue weighted by Gasteiger charge is -2.43. The molecule has 2 heteroatoms. The molecule has 0 aliphatic heterocycles. The first kappa shape index (κ1) is 12.4. The predicted octanol–water partition coefficient (Wildman–Crippen LogP) is 2.51. The Morgan fingerprint density at radius 1 is 1.08 bits per heavy atom. The zero-order chi connectivity index (χ0) is 10.9. The minimum Gasteiger partial charge on any atom is -0.304 e. The number of hydrogen-bond donors (Lipinski definition) is 0. The van der Waals surface area contributed by atoms with Crippen LogP contribution in [0.3, 0.4) is 0 Å². The summed E-state index contributed by atoms with van der Waals surface area (Å²) in [6.07, 6.45) is 0. The molecule has 0 fully saturated rings.